The summed E-state index contributed by atoms with van der Waals surface area (Å²) in [5.41, 5.74) is 0. The highest BCUT2D eigenvalue weighted by Crippen LogP contribution is 2.26. The van der Waals surface area contributed by atoms with Crippen molar-refractivity contribution in [3.8, 4) is 5.75 Å². The van der Waals surface area contributed by atoms with E-state index in [9.17, 15) is 5.11 Å². The summed E-state index contributed by atoms with van der Waals surface area (Å²) >= 11 is 1.60. The molecule has 0 fully saturated rings. The second-order valence-electron chi connectivity index (χ2n) is 3.06. The third kappa shape index (κ3) is 3.28. The third-order valence-corrected chi connectivity index (χ3v) is 3.15. The topological polar surface area (TPSA) is 40.5 Å². The van der Waals surface area contributed by atoms with E-state index in [0.717, 1.165) is 4.90 Å². The molecule has 0 saturated carbocycles. The number of aliphatic hydroxyl groups is 1. The molecule has 0 amide bonds. The molecular weight excluding hydrogens is 184 g/mol. The van der Waals surface area contributed by atoms with Gasteiger partial charge in [-0.2, -0.15) is 0 Å². The molecule has 0 radical (unpaired) electrons. The van der Waals surface area contributed by atoms with Crippen molar-refractivity contribution >= 4 is 11.8 Å². The van der Waals surface area contributed by atoms with Crippen LogP contribution in [0.25, 0.3) is 0 Å². The normalized spacial score (nSPS) is 15.3. The van der Waals surface area contributed by atoms with E-state index in [0.29, 0.717) is 0 Å². The Labute approximate surface area is 82.6 Å². The molecule has 1 rings (SSSR count). The Hall–Kier alpha value is -0.670. The van der Waals surface area contributed by atoms with Crippen LogP contribution in [0.5, 0.6) is 5.75 Å². The number of hydrogen-bond acceptors (Lipinski definition) is 3. The summed E-state index contributed by atoms with van der Waals surface area (Å²) in [4.78, 5) is 1.06. The van der Waals surface area contributed by atoms with Crippen LogP contribution in [0.2, 0.25) is 0 Å². The summed E-state index contributed by atoms with van der Waals surface area (Å²) in [5.74, 6) is 0.272. The number of aromatic hydroxyl groups is 1. The fourth-order valence-electron chi connectivity index (χ4n) is 0.838. The van der Waals surface area contributed by atoms with Crippen molar-refractivity contribution in [1.29, 1.82) is 0 Å². The average Bonchev–Trinajstić information content (AvgIpc) is 2.08. The molecule has 3 heteroatoms. The largest absolute Gasteiger partial charge is 0.508 e. The van der Waals surface area contributed by atoms with Crippen LogP contribution in [0, 0.1) is 0 Å². The van der Waals surface area contributed by atoms with Crippen LogP contribution in [-0.2, 0) is 0 Å². The Morgan fingerprint density at radius 1 is 1.15 bits per heavy atom. The molecule has 13 heavy (non-hydrogen) atoms. The lowest BCUT2D eigenvalue weighted by Crippen LogP contribution is -2.14. The first-order valence-corrected chi connectivity index (χ1v) is 5.11. The van der Waals surface area contributed by atoms with Crippen molar-refractivity contribution in [2.24, 2.45) is 0 Å². The summed E-state index contributed by atoms with van der Waals surface area (Å²) in [6.45, 7) is 3.75. The first-order chi connectivity index (χ1) is 6.09. The molecule has 72 valence electrons. The molecule has 2 N–H and O–H groups in total. The molecule has 0 aliphatic carbocycles. The molecule has 2 nitrogen and oxygen atoms in total. The Morgan fingerprint density at radius 3 is 2.15 bits per heavy atom. The van der Waals surface area contributed by atoms with Gasteiger partial charge in [-0.3, -0.25) is 0 Å². The Morgan fingerprint density at radius 2 is 1.69 bits per heavy atom. The highest BCUT2D eigenvalue weighted by atomic mass is 32.2. The molecule has 0 aliphatic rings. The standard InChI is InChI=1S/C10H14O2S/c1-7(11)8(2)13-10-5-3-9(12)4-6-10/h3-8,11-12H,1-2H3/t7-,8?/m0/s1. The zero-order chi connectivity index (χ0) is 9.84. The summed E-state index contributed by atoms with van der Waals surface area (Å²) in [6.07, 6.45) is -0.321. The Kier molecular flexibility index (Phi) is 3.63. The second kappa shape index (κ2) is 4.53. The maximum Gasteiger partial charge on any atom is 0.115 e. The van der Waals surface area contributed by atoms with Crippen LogP contribution >= 0.6 is 11.8 Å². The van der Waals surface area contributed by atoms with E-state index in [-0.39, 0.29) is 17.1 Å². The number of benzene rings is 1. The van der Waals surface area contributed by atoms with Crippen molar-refractivity contribution in [2.45, 2.75) is 30.1 Å². The van der Waals surface area contributed by atoms with E-state index >= 15 is 0 Å². The molecule has 0 aromatic heterocycles. The van der Waals surface area contributed by atoms with Crippen LogP contribution in [0.15, 0.2) is 29.2 Å². The van der Waals surface area contributed by atoms with E-state index in [2.05, 4.69) is 0 Å². The van der Waals surface area contributed by atoms with E-state index < -0.39 is 0 Å². The monoisotopic (exact) mass is 198 g/mol. The minimum absolute atomic E-state index is 0.171. The van der Waals surface area contributed by atoms with Gasteiger partial charge in [0.1, 0.15) is 5.75 Å². The summed E-state index contributed by atoms with van der Waals surface area (Å²) in [6, 6.07) is 6.99. The van der Waals surface area contributed by atoms with Crippen molar-refractivity contribution in [3.05, 3.63) is 24.3 Å². The lowest BCUT2D eigenvalue weighted by molar-refractivity contribution is 0.196. The SMILES string of the molecule is CC(Sc1ccc(O)cc1)[C@H](C)O. The van der Waals surface area contributed by atoms with Gasteiger partial charge in [-0.25, -0.2) is 0 Å². The maximum absolute atomic E-state index is 9.27. The number of aliphatic hydroxyl groups excluding tert-OH is 1. The first-order valence-electron chi connectivity index (χ1n) is 4.23. The summed E-state index contributed by atoms with van der Waals surface area (Å²) in [7, 11) is 0. The minimum Gasteiger partial charge on any atom is -0.508 e. The fourth-order valence-corrected chi connectivity index (χ4v) is 1.76. The van der Waals surface area contributed by atoms with Gasteiger partial charge in [0.05, 0.1) is 6.10 Å². The van der Waals surface area contributed by atoms with Gasteiger partial charge in [-0.1, -0.05) is 6.92 Å². The fraction of sp³-hybridized carbons (Fsp3) is 0.400. The van der Waals surface area contributed by atoms with Gasteiger partial charge >= 0.3 is 0 Å². The quantitative estimate of drug-likeness (QED) is 0.732. The molecule has 1 unspecified atom stereocenters. The van der Waals surface area contributed by atoms with Crippen LogP contribution in [0.3, 0.4) is 0 Å². The van der Waals surface area contributed by atoms with Crippen LogP contribution in [0.1, 0.15) is 13.8 Å². The maximum atomic E-state index is 9.27. The molecule has 0 saturated heterocycles. The van der Waals surface area contributed by atoms with Gasteiger partial charge in [0, 0.05) is 10.1 Å². The Balaban J connectivity index is 2.59. The molecule has 1 aromatic rings. The highest BCUT2D eigenvalue weighted by Gasteiger charge is 2.09. The average molecular weight is 198 g/mol. The second-order valence-corrected chi connectivity index (χ2v) is 4.51. The minimum atomic E-state index is -0.321. The van der Waals surface area contributed by atoms with Crippen molar-refractivity contribution in [1.82, 2.24) is 0 Å². The summed E-state index contributed by atoms with van der Waals surface area (Å²) in [5, 5.41) is 18.5. The number of rotatable bonds is 3. The predicted octanol–water partition coefficient (Wildman–Crippen LogP) is 2.25. The van der Waals surface area contributed by atoms with Crippen LogP contribution < -0.4 is 0 Å². The molecule has 0 aliphatic heterocycles. The van der Waals surface area contributed by atoms with E-state index in [1.54, 1.807) is 30.8 Å². The van der Waals surface area contributed by atoms with E-state index in [4.69, 9.17) is 5.11 Å². The number of hydrogen-bond donors (Lipinski definition) is 2. The predicted molar refractivity (Wildman–Crippen MR) is 55.1 cm³/mol. The van der Waals surface area contributed by atoms with Gasteiger partial charge in [0.25, 0.3) is 0 Å². The smallest absolute Gasteiger partial charge is 0.115 e. The third-order valence-electron chi connectivity index (χ3n) is 1.84. The zero-order valence-corrected chi connectivity index (χ0v) is 8.58. The molecular formula is C10H14O2S. The van der Waals surface area contributed by atoms with Gasteiger partial charge in [-0.15, -0.1) is 11.8 Å². The van der Waals surface area contributed by atoms with Crippen LogP contribution in [0.4, 0.5) is 0 Å². The van der Waals surface area contributed by atoms with Gasteiger partial charge in [0.15, 0.2) is 0 Å². The van der Waals surface area contributed by atoms with E-state index in [1.807, 2.05) is 19.1 Å². The molecule has 1 aromatic carbocycles. The van der Waals surface area contributed by atoms with E-state index in [1.165, 1.54) is 0 Å². The number of phenols is 1. The van der Waals surface area contributed by atoms with Crippen molar-refractivity contribution in [2.75, 3.05) is 0 Å². The lowest BCUT2D eigenvalue weighted by atomic mass is 10.3. The lowest BCUT2D eigenvalue weighted by Gasteiger charge is -2.13. The van der Waals surface area contributed by atoms with Gasteiger partial charge in [0.2, 0.25) is 0 Å². The first kappa shape index (κ1) is 10.4. The van der Waals surface area contributed by atoms with Crippen molar-refractivity contribution in [3.63, 3.8) is 0 Å². The number of thioether (sulfide) groups is 1. The van der Waals surface area contributed by atoms with Gasteiger partial charge in [-0.05, 0) is 31.2 Å². The summed E-state index contributed by atoms with van der Waals surface area (Å²) < 4.78 is 0. The zero-order valence-electron chi connectivity index (χ0n) is 7.77. The highest BCUT2D eigenvalue weighted by molar-refractivity contribution is 8.00. The Bertz CT molecular complexity index is 256. The molecule has 0 heterocycles. The molecule has 0 spiro atoms. The van der Waals surface area contributed by atoms with Gasteiger partial charge < -0.3 is 10.2 Å². The molecule has 2 atom stereocenters. The number of phenolic OH excluding ortho intramolecular Hbond substituents is 1. The van der Waals surface area contributed by atoms with Crippen LogP contribution in [-0.4, -0.2) is 21.6 Å². The molecule has 0 bridgehead atoms. The van der Waals surface area contributed by atoms with Crippen molar-refractivity contribution < 1.29 is 10.2 Å².